The number of aliphatic carboxylic acids is 1. The van der Waals surface area contributed by atoms with Crippen LogP contribution in [0.25, 0.3) is 0 Å². The lowest BCUT2D eigenvalue weighted by molar-refractivity contribution is -0.137. The molecule has 0 aliphatic heterocycles. The van der Waals surface area contributed by atoms with Crippen LogP contribution in [0, 0.1) is 5.82 Å². The van der Waals surface area contributed by atoms with Gasteiger partial charge < -0.3 is 15.5 Å². The van der Waals surface area contributed by atoms with Crippen LogP contribution >= 0.6 is 0 Å². The lowest BCUT2D eigenvalue weighted by Gasteiger charge is -2.16. The summed E-state index contributed by atoms with van der Waals surface area (Å²) in [4.78, 5) is 10.7. The Morgan fingerprint density at radius 3 is 2.53 bits per heavy atom. The maximum atomic E-state index is 12.7. The van der Waals surface area contributed by atoms with Crippen molar-refractivity contribution in [3.05, 3.63) is 35.6 Å². The zero-order valence-electron chi connectivity index (χ0n) is 9.40. The predicted molar refractivity (Wildman–Crippen MR) is 61.2 cm³/mol. The molecule has 0 amide bonds. The maximum absolute atomic E-state index is 12.7. The van der Waals surface area contributed by atoms with Gasteiger partial charge in [0.1, 0.15) is 5.82 Å². The number of aliphatic hydroxyl groups is 1. The van der Waals surface area contributed by atoms with Gasteiger partial charge in [-0.2, -0.15) is 0 Å². The molecule has 17 heavy (non-hydrogen) atoms. The van der Waals surface area contributed by atoms with E-state index in [1.165, 1.54) is 12.1 Å². The summed E-state index contributed by atoms with van der Waals surface area (Å²) in [5.41, 5.74) is 0.864. The summed E-state index contributed by atoms with van der Waals surface area (Å²) in [7, 11) is 0. The molecule has 94 valence electrons. The largest absolute Gasteiger partial charge is 0.481 e. The second-order valence-corrected chi connectivity index (χ2v) is 3.80. The van der Waals surface area contributed by atoms with Crippen LogP contribution in [0.3, 0.4) is 0 Å². The number of hydrogen-bond acceptors (Lipinski definition) is 3. The number of carbonyl (C=O) groups is 1. The fraction of sp³-hybridized carbons (Fsp3) is 0.417. The highest BCUT2D eigenvalue weighted by atomic mass is 19.1. The average Bonchev–Trinajstić information content (AvgIpc) is 2.28. The third kappa shape index (κ3) is 5.42. The van der Waals surface area contributed by atoms with Gasteiger partial charge >= 0.3 is 5.97 Å². The van der Waals surface area contributed by atoms with E-state index in [2.05, 4.69) is 5.32 Å². The lowest BCUT2D eigenvalue weighted by Crippen LogP contribution is -2.35. The Bertz CT molecular complexity index is 353. The zero-order valence-corrected chi connectivity index (χ0v) is 9.40. The molecule has 0 radical (unpaired) electrons. The molecule has 0 aliphatic carbocycles. The van der Waals surface area contributed by atoms with E-state index < -0.39 is 5.97 Å². The maximum Gasteiger partial charge on any atom is 0.304 e. The van der Waals surface area contributed by atoms with E-state index in [-0.39, 0.29) is 24.9 Å². The van der Waals surface area contributed by atoms with E-state index in [1.54, 1.807) is 12.1 Å². The van der Waals surface area contributed by atoms with Crippen LogP contribution in [-0.2, 0) is 11.2 Å². The van der Waals surface area contributed by atoms with E-state index in [9.17, 15) is 9.18 Å². The first-order chi connectivity index (χ1) is 8.11. The second kappa shape index (κ2) is 6.98. The first-order valence-electron chi connectivity index (χ1n) is 5.42. The molecule has 3 N–H and O–H groups in total. The third-order valence-corrected chi connectivity index (χ3v) is 2.36. The van der Waals surface area contributed by atoms with E-state index >= 15 is 0 Å². The highest BCUT2D eigenvalue weighted by Gasteiger charge is 2.13. The summed E-state index contributed by atoms with van der Waals surface area (Å²) in [5, 5.41) is 20.4. The van der Waals surface area contributed by atoms with Gasteiger partial charge in [0, 0.05) is 12.6 Å². The number of nitrogens with one attached hydrogen (secondary N) is 1. The topological polar surface area (TPSA) is 69.6 Å². The minimum Gasteiger partial charge on any atom is -0.481 e. The van der Waals surface area contributed by atoms with Crippen LogP contribution in [0.5, 0.6) is 0 Å². The lowest BCUT2D eigenvalue weighted by atomic mass is 10.0. The standard InChI is InChI=1S/C12H16FNO3/c13-10-3-1-9(2-4-10)7-11(8-12(16)17)14-5-6-15/h1-4,11,14-15H,5-8H2,(H,16,17). The summed E-state index contributed by atoms with van der Waals surface area (Å²) in [6.45, 7) is 0.304. The first-order valence-corrected chi connectivity index (χ1v) is 5.42. The fourth-order valence-electron chi connectivity index (χ4n) is 1.60. The number of aliphatic hydroxyl groups excluding tert-OH is 1. The molecule has 0 fully saturated rings. The van der Waals surface area contributed by atoms with Crippen LogP contribution in [-0.4, -0.2) is 35.4 Å². The van der Waals surface area contributed by atoms with Crippen LogP contribution in [0.2, 0.25) is 0 Å². The number of hydrogen-bond donors (Lipinski definition) is 3. The monoisotopic (exact) mass is 241 g/mol. The van der Waals surface area contributed by atoms with Crippen molar-refractivity contribution in [3.63, 3.8) is 0 Å². The Balaban J connectivity index is 2.57. The van der Waals surface area contributed by atoms with Crippen molar-refractivity contribution in [3.8, 4) is 0 Å². The Morgan fingerprint density at radius 1 is 1.35 bits per heavy atom. The molecule has 0 spiro atoms. The zero-order chi connectivity index (χ0) is 12.7. The van der Waals surface area contributed by atoms with Gasteiger partial charge in [-0.05, 0) is 24.1 Å². The highest BCUT2D eigenvalue weighted by Crippen LogP contribution is 2.07. The number of rotatable bonds is 7. The summed E-state index contributed by atoms with van der Waals surface area (Å²) in [6, 6.07) is 5.69. The number of benzene rings is 1. The van der Waals surface area contributed by atoms with Gasteiger partial charge in [0.05, 0.1) is 13.0 Å². The first kappa shape index (κ1) is 13.6. The predicted octanol–water partition coefficient (Wildman–Crippen LogP) is 0.793. The van der Waals surface area contributed by atoms with Crippen molar-refractivity contribution in [1.82, 2.24) is 5.32 Å². The summed E-state index contributed by atoms with van der Waals surface area (Å²) in [5.74, 6) is -1.21. The molecule has 0 aliphatic rings. The van der Waals surface area contributed by atoms with Crippen molar-refractivity contribution in [2.45, 2.75) is 18.9 Å². The van der Waals surface area contributed by atoms with Gasteiger partial charge in [-0.1, -0.05) is 12.1 Å². The molecule has 5 heteroatoms. The number of halogens is 1. The van der Waals surface area contributed by atoms with Gasteiger partial charge in [0.2, 0.25) is 0 Å². The summed E-state index contributed by atoms with van der Waals surface area (Å²) in [6.07, 6.45) is 0.462. The van der Waals surface area contributed by atoms with E-state index in [4.69, 9.17) is 10.2 Å². The van der Waals surface area contributed by atoms with Gasteiger partial charge in [-0.25, -0.2) is 4.39 Å². The Morgan fingerprint density at radius 2 is 2.00 bits per heavy atom. The quantitative estimate of drug-likeness (QED) is 0.660. The molecule has 0 heterocycles. The number of carboxylic acids is 1. The minimum absolute atomic E-state index is 0.0304. The summed E-state index contributed by atoms with van der Waals surface area (Å²) >= 11 is 0. The van der Waals surface area contributed by atoms with Gasteiger partial charge in [-0.15, -0.1) is 0 Å². The van der Waals surface area contributed by atoms with Gasteiger partial charge in [0.15, 0.2) is 0 Å². The van der Waals surface area contributed by atoms with Crippen LogP contribution in [0.15, 0.2) is 24.3 Å². The SMILES string of the molecule is O=C(O)CC(Cc1ccc(F)cc1)NCCO. The molecule has 1 aromatic carbocycles. The molecular formula is C12H16FNO3. The third-order valence-electron chi connectivity index (χ3n) is 2.36. The number of carboxylic acid groups (broad SMARTS) is 1. The molecule has 0 bridgehead atoms. The molecule has 0 saturated carbocycles. The molecule has 1 atom stereocenters. The summed E-state index contributed by atoms with van der Waals surface area (Å²) < 4.78 is 12.7. The second-order valence-electron chi connectivity index (χ2n) is 3.80. The molecule has 1 aromatic rings. The van der Waals surface area contributed by atoms with Crippen LogP contribution in [0.4, 0.5) is 4.39 Å². The molecule has 1 rings (SSSR count). The highest BCUT2D eigenvalue weighted by molar-refractivity contribution is 5.67. The van der Waals surface area contributed by atoms with Crippen molar-refractivity contribution in [1.29, 1.82) is 0 Å². The Hall–Kier alpha value is -1.46. The molecule has 1 unspecified atom stereocenters. The van der Waals surface area contributed by atoms with Crippen LogP contribution in [0.1, 0.15) is 12.0 Å². The Labute approximate surface area is 99.1 Å². The van der Waals surface area contributed by atoms with Crippen LogP contribution < -0.4 is 5.32 Å². The van der Waals surface area contributed by atoms with Crippen molar-refractivity contribution in [2.24, 2.45) is 0 Å². The van der Waals surface area contributed by atoms with Gasteiger partial charge in [-0.3, -0.25) is 4.79 Å². The van der Waals surface area contributed by atoms with E-state index in [1.807, 2.05) is 0 Å². The van der Waals surface area contributed by atoms with E-state index in [0.717, 1.165) is 5.56 Å². The van der Waals surface area contributed by atoms with Crippen molar-refractivity contribution < 1.29 is 19.4 Å². The average molecular weight is 241 g/mol. The Kier molecular flexibility index (Phi) is 5.59. The fourth-order valence-corrected chi connectivity index (χ4v) is 1.60. The van der Waals surface area contributed by atoms with Gasteiger partial charge in [0.25, 0.3) is 0 Å². The molecule has 0 saturated heterocycles. The molecule has 0 aromatic heterocycles. The normalized spacial score (nSPS) is 12.4. The molecular weight excluding hydrogens is 225 g/mol. The molecule has 4 nitrogen and oxygen atoms in total. The van der Waals surface area contributed by atoms with E-state index in [0.29, 0.717) is 13.0 Å². The van der Waals surface area contributed by atoms with Crippen molar-refractivity contribution in [2.75, 3.05) is 13.2 Å². The smallest absolute Gasteiger partial charge is 0.304 e. The van der Waals surface area contributed by atoms with Crippen molar-refractivity contribution >= 4 is 5.97 Å². The minimum atomic E-state index is -0.900.